The minimum atomic E-state index is -4.36. The largest absolute Gasteiger partial charge is 0.444 e. The molecule has 1 amide bonds. The second kappa shape index (κ2) is 6.49. The van der Waals surface area contributed by atoms with Gasteiger partial charge in [0, 0.05) is 13.1 Å². The van der Waals surface area contributed by atoms with Crippen molar-refractivity contribution in [2.75, 3.05) is 13.1 Å². The summed E-state index contributed by atoms with van der Waals surface area (Å²) in [7, 11) is 0. The molecule has 3 nitrogen and oxygen atoms in total. The molecule has 0 atom stereocenters. The van der Waals surface area contributed by atoms with Crippen LogP contribution in [0, 0.1) is 6.92 Å². The van der Waals surface area contributed by atoms with Gasteiger partial charge < -0.3 is 9.64 Å². The van der Waals surface area contributed by atoms with E-state index in [1.54, 1.807) is 44.7 Å². The molecule has 0 spiro atoms. The summed E-state index contributed by atoms with van der Waals surface area (Å²) in [6, 6.07) is 4.05. The third-order valence-electron chi connectivity index (χ3n) is 3.64. The van der Waals surface area contributed by atoms with Crippen molar-refractivity contribution in [3.05, 3.63) is 41.0 Å². The first-order valence-corrected chi connectivity index (χ1v) is 7.82. The van der Waals surface area contributed by atoms with E-state index in [9.17, 15) is 18.0 Å². The van der Waals surface area contributed by atoms with E-state index >= 15 is 0 Å². The van der Waals surface area contributed by atoms with E-state index in [4.69, 9.17) is 4.74 Å². The van der Waals surface area contributed by atoms with Gasteiger partial charge in [-0.15, -0.1) is 0 Å². The first kappa shape index (κ1) is 18.4. The van der Waals surface area contributed by atoms with Crippen LogP contribution in [0.15, 0.2) is 24.3 Å². The number of halogens is 3. The lowest BCUT2D eigenvalue weighted by Crippen LogP contribution is -2.39. The highest BCUT2D eigenvalue weighted by atomic mass is 19.4. The molecule has 0 aliphatic carbocycles. The Morgan fingerprint density at radius 1 is 1.17 bits per heavy atom. The van der Waals surface area contributed by atoms with Crippen molar-refractivity contribution in [1.82, 2.24) is 4.90 Å². The molecule has 1 aliphatic rings. The molecule has 0 aromatic heterocycles. The van der Waals surface area contributed by atoms with E-state index in [0.29, 0.717) is 30.6 Å². The number of carbonyl (C=O) groups excluding carboxylic acids is 1. The van der Waals surface area contributed by atoms with Crippen molar-refractivity contribution in [2.45, 2.75) is 45.9 Å². The highest BCUT2D eigenvalue weighted by molar-refractivity contribution is 5.73. The molecule has 0 unspecified atom stereocenters. The zero-order valence-corrected chi connectivity index (χ0v) is 14.3. The Kier molecular flexibility index (Phi) is 4.97. The summed E-state index contributed by atoms with van der Waals surface area (Å²) in [5.41, 5.74) is 0.734. The van der Waals surface area contributed by atoms with Gasteiger partial charge in [-0.05, 0) is 62.9 Å². The average molecular weight is 341 g/mol. The second-order valence-corrected chi connectivity index (χ2v) is 6.99. The number of amides is 1. The van der Waals surface area contributed by atoms with Gasteiger partial charge in [0.1, 0.15) is 5.60 Å². The number of nitrogens with zero attached hydrogens (tertiary/aromatic N) is 1. The Labute approximate surface area is 140 Å². The molecule has 0 N–H and O–H groups in total. The van der Waals surface area contributed by atoms with Crippen LogP contribution in [0.2, 0.25) is 0 Å². The summed E-state index contributed by atoms with van der Waals surface area (Å²) >= 11 is 0. The third-order valence-corrected chi connectivity index (χ3v) is 3.64. The van der Waals surface area contributed by atoms with Crippen LogP contribution in [-0.4, -0.2) is 29.7 Å². The summed E-state index contributed by atoms with van der Waals surface area (Å²) in [5.74, 6) is 0. The predicted molar refractivity (Wildman–Crippen MR) is 86.6 cm³/mol. The molecule has 0 saturated heterocycles. The van der Waals surface area contributed by atoms with Crippen molar-refractivity contribution in [3.8, 4) is 0 Å². The molecule has 0 saturated carbocycles. The summed E-state index contributed by atoms with van der Waals surface area (Å²) < 4.78 is 44.2. The van der Waals surface area contributed by atoms with Crippen LogP contribution in [0.25, 0.3) is 5.57 Å². The van der Waals surface area contributed by atoms with E-state index in [1.165, 1.54) is 6.07 Å². The normalized spacial score (nSPS) is 16.0. The van der Waals surface area contributed by atoms with Crippen LogP contribution in [0.4, 0.5) is 18.0 Å². The number of hydrogen-bond acceptors (Lipinski definition) is 2. The molecule has 1 aromatic rings. The van der Waals surface area contributed by atoms with E-state index in [1.807, 2.05) is 0 Å². The minimum Gasteiger partial charge on any atom is -0.444 e. The lowest BCUT2D eigenvalue weighted by Gasteiger charge is -2.29. The minimum absolute atomic E-state index is 0.333. The van der Waals surface area contributed by atoms with E-state index in [-0.39, 0.29) is 0 Å². The Hall–Kier alpha value is -1.98. The molecular formula is C18H22F3NO2. The quantitative estimate of drug-likeness (QED) is 0.716. The van der Waals surface area contributed by atoms with Gasteiger partial charge in [0.25, 0.3) is 0 Å². The Bertz CT molecular complexity index is 657. The fourth-order valence-electron chi connectivity index (χ4n) is 2.56. The van der Waals surface area contributed by atoms with Gasteiger partial charge in [0.05, 0.1) is 5.56 Å². The maximum absolute atomic E-state index is 13.0. The number of aryl methyl sites for hydroxylation is 1. The van der Waals surface area contributed by atoms with Gasteiger partial charge >= 0.3 is 12.3 Å². The van der Waals surface area contributed by atoms with Crippen molar-refractivity contribution in [1.29, 1.82) is 0 Å². The smallest absolute Gasteiger partial charge is 0.416 e. The van der Waals surface area contributed by atoms with E-state index in [2.05, 4.69) is 0 Å². The molecule has 1 aliphatic heterocycles. The average Bonchev–Trinajstić information content (AvgIpc) is 2.44. The van der Waals surface area contributed by atoms with Crippen molar-refractivity contribution in [3.63, 3.8) is 0 Å². The fraction of sp³-hybridized carbons (Fsp3) is 0.500. The SMILES string of the molecule is Cc1cc(C2=CCN(C(=O)OC(C)(C)C)CC2)cc(C(F)(F)F)c1. The lowest BCUT2D eigenvalue weighted by atomic mass is 9.96. The first-order chi connectivity index (χ1) is 11.0. The Morgan fingerprint density at radius 2 is 1.83 bits per heavy atom. The molecule has 1 heterocycles. The van der Waals surface area contributed by atoms with Crippen LogP contribution in [0.3, 0.4) is 0 Å². The van der Waals surface area contributed by atoms with Crippen LogP contribution < -0.4 is 0 Å². The van der Waals surface area contributed by atoms with Gasteiger partial charge in [0.15, 0.2) is 0 Å². The maximum Gasteiger partial charge on any atom is 0.416 e. The van der Waals surface area contributed by atoms with E-state index in [0.717, 1.165) is 11.6 Å². The number of benzene rings is 1. The Balaban J connectivity index is 2.16. The number of rotatable bonds is 1. The summed E-state index contributed by atoms with van der Waals surface area (Å²) in [4.78, 5) is 13.6. The van der Waals surface area contributed by atoms with Crippen molar-refractivity contribution in [2.24, 2.45) is 0 Å². The van der Waals surface area contributed by atoms with Crippen LogP contribution >= 0.6 is 0 Å². The number of hydrogen-bond donors (Lipinski definition) is 0. The zero-order chi connectivity index (χ0) is 18.1. The highest BCUT2D eigenvalue weighted by Crippen LogP contribution is 2.33. The number of ether oxygens (including phenoxy) is 1. The summed E-state index contributed by atoms with van der Waals surface area (Å²) in [6.07, 6.45) is -2.47. The molecule has 24 heavy (non-hydrogen) atoms. The highest BCUT2D eigenvalue weighted by Gasteiger charge is 2.31. The van der Waals surface area contributed by atoms with Crippen molar-refractivity contribution < 1.29 is 22.7 Å². The lowest BCUT2D eigenvalue weighted by molar-refractivity contribution is -0.137. The Morgan fingerprint density at radius 3 is 2.33 bits per heavy atom. The summed E-state index contributed by atoms with van der Waals surface area (Å²) in [6.45, 7) is 7.79. The van der Waals surface area contributed by atoms with Crippen LogP contribution in [0.1, 0.15) is 43.9 Å². The van der Waals surface area contributed by atoms with Gasteiger partial charge in [-0.25, -0.2) is 4.79 Å². The standard InChI is InChI=1S/C18H22F3NO2/c1-12-9-14(11-15(10-12)18(19,20)21)13-5-7-22(8-6-13)16(23)24-17(2,3)4/h5,9-11H,6-8H2,1-4H3. The van der Waals surface area contributed by atoms with Gasteiger partial charge in [0.2, 0.25) is 0 Å². The number of alkyl halides is 3. The molecule has 132 valence electrons. The molecule has 0 fully saturated rings. The molecule has 1 aromatic carbocycles. The molecule has 6 heteroatoms. The predicted octanol–water partition coefficient (Wildman–Crippen LogP) is 5.04. The second-order valence-electron chi connectivity index (χ2n) is 6.99. The maximum atomic E-state index is 13.0. The molecule has 0 bridgehead atoms. The fourth-order valence-corrected chi connectivity index (χ4v) is 2.56. The van der Waals surface area contributed by atoms with E-state index < -0.39 is 23.4 Å². The van der Waals surface area contributed by atoms with Crippen LogP contribution in [0.5, 0.6) is 0 Å². The van der Waals surface area contributed by atoms with Crippen LogP contribution in [-0.2, 0) is 10.9 Å². The zero-order valence-electron chi connectivity index (χ0n) is 14.3. The number of carbonyl (C=O) groups is 1. The monoisotopic (exact) mass is 341 g/mol. The third kappa shape index (κ3) is 4.76. The molecule has 0 radical (unpaired) electrons. The summed E-state index contributed by atoms with van der Waals surface area (Å²) in [5, 5.41) is 0. The van der Waals surface area contributed by atoms with Gasteiger partial charge in [-0.2, -0.15) is 13.2 Å². The first-order valence-electron chi connectivity index (χ1n) is 7.82. The van der Waals surface area contributed by atoms with Gasteiger partial charge in [-0.1, -0.05) is 12.1 Å². The molecular weight excluding hydrogens is 319 g/mol. The van der Waals surface area contributed by atoms with Gasteiger partial charge in [-0.3, -0.25) is 0 Å². The van der Waals surface area contributed by atoms with Crippen molar-refractivity contribution >= 4 is 11.7 Å². The molecule has 2 rings (SSSR count). The topological polar surface area (TPSA) is 29.5 Å².